The molecule has 2 aromatic rings. The van der Waals surface area contributed by atoms with Crippen molar-refractivity contribution in [3.05, 3.63) is 58.9 Å². The molecule has 134 valence electrons. The number of hydrogen-bond acceptors (Lipinski definition) is 4. The van der Waals surface area contributed by atoms with E-state index >= 15 is 0 Å². The van der Waals surface area contributed by atoms with Crippen LogP contribution in [0.3, 0.4) is 0 Å². The van der Waals surface area contributed by atoms with E-state index in [1.165, 1.54) is 0 Å². The van der Waals surface area contributed by atoms with Crippen molar-refractivity contribution >= 4 is 6.03 Å². The summed E-state index contributed by atoms with van der Waals surface area (Å²) in [6, 6.07) is 7.07. The van der Waals surface area contributed by atoms with E-state index in [2.05, 4.69) is 15.6 Å². The third kappa shape index (κ3) is 5.19. The highest BCUT2D eigenvalue weighted by atomic mass is 16.5. The normalized spacial score (nSPS) is 13.0. The number of carbonyl (C=O) groups is 1. The fourth-order valence-electron chi connectivity index (χ4n) is 2.75. The molecule has 1 aromatic carbocycles. The van der Waals surface area contributed by atoms with Crippen molar-refractivity contribution in [3.63, 3.8) is 0 Å². The van der Waals surface area contributed by atoms with Crippen molar-refractivity contribution in [2.24, 2.45) is 0 Å². The molecule has 0 fully saturated rings. The van der Waals surface area contributed by atoms with Gasteiger partial charge in [0.2, 0.25) is 0 Å². The van der Waals surface area contributed by atoms with Crippen LogP contribution in [0.2, 0.25) is 0 Å². The molecule has 0 unspecified atom stereocenters. The Bertz CT molecular complexity index is 713. The summed E-state index contributed by atoms with van der Waals surface area (Å²) in [6.45, 7) is 5.95. The second-order valence-electron chi connectivity index (χ2n) is 6.13. The number of nitrogens with one attached hydrogen (secondary N) is 2. The van der Waals surface area contributed by atoms with Gasteiger partial charge in [0.1, 0.15) is 5.75 Å². The number of ether oxygens (including phenoxy) is 1. The second-order valence-corrected chi connectivity index (χ2v) is 6.13. The summed E-state index contributed by atoms with van der Waals surface area (Å²) in [5.41, 5.74) is 3.79. The monoisotopic (exact) mass is 343 g/mol. The maximum Gasteiger partial charge on any atom is 0.315 e. The number of pyridine rings is 1. The minimum atomic E-state index is -0.755. The lowest BCUT2D eigenvalue weighted by atomic mass is 10.0. The minimum absolute atomic E-state index is 0.134. The summed E-state index contributed by atoms with van der Waals surface area (Å²) < 4.78 is 5.25. The van der Waals surface area contributed by atoms with Crippen LogP contribution in [0.5, 0.6) is 5.75 Å². The van der Waals surface area contributed by atoms with E-state index in [1.54, 1.807) is 25.6 Å². The number of aliphatic hydroxyl groups is 1. The predicted octanol–water partition coefficient (Wildman–Crippen LogP) is 2.80. The molecule has 3 N–H and O–H groups in total. The molecule has 0 saturated carbocycles. The largest absolute Gasteiger partial charge is 0.495 e. The first-order chi connectivity index (χ1) is 11.9. The smallest absolute Gasteiger partial charge is 0.315 e. The first-order valence-electron chi connectivity index (χ1n) is 8.19. The molecule has 0 saturated heterocycles. The number of hydrogen-bond donors (Lipinski definition) is 3. The molecular weight excluding hydrogens is 318 g/mol. The average molecular weight is 343 g/mol. The highest BCUT2D eigenvalue weighted by Crippen LogP contribution is 2.23. The molecule has 2 amide bonds. The van der Waals surface area contributed by atoms with Gasteiger partial charge in [-0.2, -0.15) is 0 Å². The van der Waals surface area contributed by atoms with Crippen molar-refractivity contribution < 1.29 is 14.6 Å². The Morgan fingerprint density at radius 2 is 1.96 bits per heavy atom. The minimum Gasteiger partial charge on any atom is -0.495 e. The summed E-state index contributed by atoms with van der Waals surface area (Å²) >= 11 is 0. The molecule has 2 rings (SSSR count). The Labute approximate surface area is 148 Å². The fourth-order valence-corrected chi connectivity index (χ4v) is 2.75. The number of methoxy groups -OCH3 is 1. The van der Waals surface area contributed by atoms with Gasteiger partial charge in [0.05, 0.1) is 25.5 Å². The highest BCUT2D eigenvalue weighted by molar-refractivity contribution is 5.74. The van der Waals surface area contributed by atoms with E-state index in [1.807, 2.05) is 39.0 Å². The van der Waals surface area contributed by atoms with Crippen molar-refractivity contribution in [1.29, 1.82) is 0 Å². The van der Waals surface area contributed by atoms with Gasteiger partial charge in [-0.25, -0.2) is 4.79 Å². The van der Waals surface area contributed by atoms with E-state index in [-0.39, 0.29) is 18.6 Å². The van der Waals surface area contributed by atoms with Crippen molar-refractivity contribution in [1.82, 2.24) is 15.6 Å². The topological polar surface area (TPSA) is 83.5 Å². The Morgan fingerprint density at radius 3 is 2.60 bits per heavy atom. The number of nitrogens with zero attached hydrogens (tertiary/aromatic N) is 1. The third-order valence-electron chi connectivity index (χ3n) is 3.94. The zero-order valence-corrected chi connectivity index (χ0v) is 15.0. The van der Waals surface area contributed by atoms with Crippen molar-refractivity contribution in [2.75, 3.05) is 13.7 Å². The van der Waals surface area contributed by atoms with E-state index < -0.39 is 6.10 Å². The summed E-state index contributed by atoms with van der Waals surface area (Å²) in [5, 5.41) is 15.8. The molecule has 0 radical (unpaired) electrons. The summed E-state index contributed by atoms with van der Waals surface area (Å²) in [5.74, 6) is 0.616. The first kappa shape index (κ1) is 18.7. The zero-order chi connectivity index (χ0) is 18.4. The Kier molecular flexibility index (Phi) is 6.36. The average Bonchev–Trinajstić information content (AvgIpc) is 2.58. The number of aromatic nitrogens is 1. The van der Waals surface area contributed by atoms with Crippen LogP contribution in [-0.2, 0) is 0 Å². The standard InChI is InChI=1S/C19H25N3O3/c1-12-7-13(2)9-15(8-12)17(23)10-21-19(24)22-14(3)16-5-6-20-11-18(16)25-4/h5-9,11,14,17,23H,10H2,1-4H3,(H2,21,22,24)/t14-,17+/m1/s1. The van der Waals surface area contributed by atoms with Gasteiger partial charge in [0.25, 0.3) is 0 Å². The zero-order valence-electron chi connectivity index (χ0n) is 15.0. The van der Waals surface area contributed by atoms with E-state index in [0.717, 1.165) is 22.3 Å². The van der Waals surface area contributed by atoms with Crippen LogP contribution in [0.4, 0.5) is 4.79 Å². The molecule has 0 aliphatic rings. The van der Waals surface area contributed by atoms with E-state index in [9.17, 15) is 9.90 Å². The van der Waals surface area contributed by atoms with Gasteiger partial charge in [-0.15, -0.1) is 0 Å². The van der Waals surface area contributed by atoms with Crippen LogP contribution in [0.25, 0.3) is 0 Å². The number of benzene rings is 1. The number of amides is 2. The van der Waals surface area contributed by atoms with Crippen LogP contribution >= 0.6 is 0 Å². The SMILES string of the molecule is COc1cnccc1[C@@H](C)NC(=O)NC[C@H](O)c1cc(C)cc(C)c1. The van der Waals surface area contributed by atoms with Crippen LogP contribution in [0.1, 0.15) is 41.3 Å². The third-order valence-corrected chi connectivity index (χ3v) is 3.94. The Hall–Kier alpha value is -2.60. The summed E-state index contributed by atoms with van der Waals surface area (Å²) in [4.78, 5) is 16.1. The number of carbonyl (C=O) groups excluding carboxylic acids is 1. The number of aliphatic hydroxyl groups excluding tert-OH is 1. The second kappa shape index (κ2) is 8.48. The molecule has 25 heavy (non-hydrogen) atoms. The van der Waals surface area contributed by atoms with Crippen LogP contribution in [0.15, 0.2) is 36.7 Å². The molecule has 6 heteroatoms. The van der Waals surface area contributed by atoms with Crippen LogP contribution in [0, 0.1) is 13.8 Å². The Morgan fingerprint density at radius 1 is 1.28 bits per heavy atom. The van der Waals surface area contributed by atoms with Crippen LogP contribution in [-0.4, -0.2) is 29.8 Å². The molecule has 1 aromatic heterocycles. The lowest BCUT2D eigenvalue weighted by molar-refractivity contribution is 0.172. The molecule has 6 nitrogen and oxygen atoms in total. The van der Waals surface area contributed by atoms with E-state index in [4.69, 9.17) is 4.74 Å². The highest BCUT2D eigenvalue weighted by Gasteiger charge is 2.15. The fraction of sp³-hybridized carbons (Fsp3) is 0.368. The summed E-state index contributed by atoms with van der Waals surface area (Å²) in [6.07, 6.45) is 2.50. The van der Waals surface area contributed by atoms with Crippen molar-refractivity contribution in [2.45, 2.75) is 32.9 Å². The van der Waals surface area contributed by atoms with Gasteiger partial charge in [-0.05, 0) is 32.4 Å². The summed E-state index contributed by atoms with van der Waals surface area (Å²) in [7, 11) is 1.56. The van der Waals surface area contributed by atoms with Gasteiger partial charge in [-0.1, -0.05) is 29.3 Å². The van der Waals surface area contributed by atoms with Gasteiger partial charge in [0, 0.05) is 18.3 Å². The molecule has 0 bridgehead atoms. The number of aryl methyl sites for hydroxylation is 2. The predicted molar refractivity (Wildman–Crippen MR) is 96.6 cm³/mol. The lowest BCUT2D eigenvalue weighted by Crippen LogP contribution is -2.39. The van der Waals surface area contributed by atoms with Crippen LogP contribution < -0.4 is 15.4 Å². The van der Waals surface area contributed by atoms with Gasteiger partial charge in [0.15, 0.2) is 0 Å². The molecule has 0 spiro atoms. The first-order valence-corrected chi connectivity index (χ1v) is 8.19. The van der Waals surface area contributed by atoms with Gasteiger partial charge < -0.3 is 20.5 Å². The molecule has 0 aliphatic heterocycles. The Balaban J connectivity index is 1.91. The quantitative estimate of drug-likeness (QED) is 0.753. The maximum absolute atomic E-state index is 12.1. The molecule has 1 heterocycles. The molecule has 0 aliphatic carbocycles. The molecular formula is C19H25N3O3. The van der Waals surface area contributed by atoms with E-state index in [0.29, 0.717) is 5.75 Å². The lowest BCUT2D eigenvalue weighted by Gasteiger charge is -2.18. The van der Waals surface area contributed by atoms with Gasteiger partial charge in [-0.3, -0.25) is 4.98 Å². The number of urea groups is 1. The maximum atomic E-state index is 12.1. The van der Waals surface area contributed by atoms with Gasteiger partial charge >= 0.3 is 6.03 Å². The number of rotatable bonds is 6. The van der Waals surface area contributed by atoms with Crippen molar-refractivity contribution in [3.8, 4) is 5.75 Å². The molecule has 2 atom stereocenters.